The van der Waals surface area contributed by atoms with Gasteiger partial charge < -0.3 is 19.7 Å². The van der Waals surface area contributed by atoms with Gasteiger partial charge in [0.2, 0.25) is 0 Å². The summed E-state index contributed by atoms with van der Waals surface area (Å²) in [5.41, 5.74) is 2.92. The Kier molecular flexibility index (Phi) is 9.17. The fourth-order valence-corrected chi connectivity index (χ4v) is 5.45. The van der Waals surface area contributed by atoms with Gasteiger partial charge in [-0.1, -0.05) is 0 Å². The first-order chi connectivity index (χ1) is 17.9. The van der Waals surface area contributed by atoms with Crippen molar-refractivity contribution < 1.29 is 19.1 Å². The van der Waals surface area contributed by atoms with Crippen LogP contribution < -0.4 is 5.32 Å². The van der Waals surface area contributed by atoms with Crippen LogP contribution in [0, 0.1) is 13.8 Å². The van der Waals surface area contributed by atoms with Gasteiger partial charge in [0, 0.05) is 56.6 Å². The minimum absolute atomic E-state index is 0.131. The lowest BCUT2D eigenvalue weighted by Crippen LogP contribution is -2.39. The van der Waals surface area contributed by atoms with Crippen molar-refractivity contribution in [1.29, 1.82) is 0 Å². The molecule has 0 saturated carbocycles. The molecule has 0 atom stereocenters. The molecule has 1 aliphatic rings. The summed E-state index contributed by atoms with van der Waals surface area (Å²) >= 11 is 1.50. The lowest BCUT2D eigenvalue weighted by atomic mass is 9.97. The summed E-state index contributed by atoms with van der Waals surface area (Å²) in [7, 11) is 0. The third-order valence-electron chi connectivity index (χ3n) is 6.42. The highest BCUT2D eigenvalue weighted by Crippen LogP contribution is 2.31. The normalized spacial score (nSPS) is 14.6. The van der Waals surface area contributed by atoms with Gasteiger partial charge >= 0.3 is 0 Å². The smallest absolute Gasteiger partial charge is 0.276 e. The van der Waals surface area contributed by atoms with E-state index in [9.17, 15) is 9.59 Å². The molecule has 3 aromatic heterocycles. The third-order valence-corrected chi connectivity index (χ3v) is 7.43. The highest BCUT2D eigenvalue weighted by molar-refractivity contribution is 7.09. The van der Waals surface area contributed by atoms with Crippen molar-refractivity contribution in [2.45, 2.75) is 65.6 Å². The monoisotopic (exact) mass is 529 g/mol. The fraction of sp³-hybridized carbons (Fsp3) is 0.600. The summed E-state index contributed by atoms with van der Waals surface area (Å²) in [4.78, 5) is 32.1. The number of hydrogen-bond donors (Lipinski definition) is 1. The Hall–Kier alpha value is -2.96. The maximum absolute atomic E-state index is 13.1. The molecule has 4 heterocycles. The zero-order valence-corrected chi connectivity index (χ0v) is 22.7. The Labute approximate surface area is 220 Å². The predicted octanol–water partition coefficient (Wildman–Crippen LogP) is 3.13. The summed E-state index contributed by atoms with van der Waals surface area (Å²) in [5.74, 6) is -0.0800. The van der Waals surface area contributed by atoms with Crippen LogP contribution in [0.25, 0.3) is 5.65 Å². The van der Waals surface area contributed by atoms with Crippen LogP contribution >= 0.6 is 11.3 Å². The summed E-state index contributed by atoms with van der Waals surface area (Å²) in [6.07, 6.45) is 2.82. The van der Waals surface area contributed by atoms with Crippen molar-refractivity contribution in [2.24, 2.45) is 0 Å². The molecule has 12 heteroatoms. The fourth-order valence-electron chi connectivity index (χ4n) is 4.48. The van der Waals surface area contributed by atoms with Gasteiger partial charge in [-0.15, -0.1) is 21.5 Å². The van der Waals surface area contributed by atoms with Crippen molar-refractivity contribution in [2.75, 3.05) is 32.8 Å². The zero-order chi connectivity index (χ0) is 26.4. The number of thiazole rings is 1. The van der Waals surface area contributed by atoms with Gasteiger partial charge in [-0.2, -0.15) is 5.10 Å². The van der Waals surface area contributed by atoms with E-state index in [1.807, 2.05) is 44.0 Å². The van der Waals surface area contributed by atoms with E-state index in [2.05, 4.69) is 25.6 Å². The number of aromatic nitrogens is 5. The number of carbonyl (C=O) groups excluding carboxylic acids is 2. The molecule has 37 heavy (non-hydrogen) atoms. The highest BCUT2D eigenvalue weighted by atomic mass is 32.1. The highest BCUT2D eigenvalue weighted by Gasteiger charge is 2.29. The van der Waals surface area contributed by atoms with E-state index in [1.54, 1.807) is 4.52 Å². The van der Waals surface area contributed by atoms with Crippen molar-refractivity contribution >= 4 is 28.8 Å². The van der Waals surface area contributed by atoms with Crippen LogP contribution in [0.3, 0.4) is 0 Å². The molecule has 0 spiro atoms. The number of nitrogens with one attached hydrogen (secondary N) is 1. The second-order valence-corrected chi connectivity index (χ2v) is 9.96. The number of hydrogen-bond acceptors (Lipinski definition) is 9. The second-order valence-electron chi connectivity index (χ2n) is 9.07. The number of likely N-dealkylation sites (tertiary alicyclic amines) is 1. The van der Waals surface area contributed by atoms with Crippen molar-refractivity contribution in [1.82, 2.24) is 35.0 Å². The minimum Gasteiger partial charge on any atom is -0.353 e. The molecule has 200 valence electrons. The number of rotatable bonds is 11. The number of carbonyl (C=O) groups is 2. The van der Waals surface area contributed by atoms with Gasteiger partial charge in [0.05, 0.1) is 16.4 Å². The first kappa shape index (κ1) is 27.1. The van der Waals surface area contributed by atoms with Gasteiger partial charge in [0.25, 0.3) is 11.8 Å². The van der Waals surface area contributed by atoms with Gasteiger partial charge in [-0.3, -0.25) is 9.59 Å². The minimum atomic E-state index is -0.232. The molecule has 11 nitrogen and oxygen atoms in total. The molecule has 1 fully saturated rings. The molecule has 4 rings (SSSR count). The van der Waals surface area contributed by atoms with Gasteiger partial charge in [-0.05, 0) is 47.0 Å². The molecule has 1 N–H and O–H groups in total. The summed E-state index contributed by atoms with van der Waals surface area (Å²) in [5, 5.41) is 18.4. The molecular formula is C25H35N7O4S. The molecule has 2 amide bonds. The number of amides is 2. The van der Waals surface area contributed by atoms with Gasteiger partial charge in [0.15, 0.2) is 17.6 Å². The van der Waals surface area contributed by atoms with E-state index in [1.165, 1.54) is 11.3 Å². The lowest BCUT2D eigenvalue weighted by Gasteiger charge is -2.31. The van der Waals surface area contributed by atoms with Crippen LogP contribution in [0.15, 0.2) is 11.4 Å². The summed E-state index contributed by atoms with van der Waals surface area (Å²) < 4.78 is 12.7. The Morgan fingerprint density at radius 1 is 1.16 bits per heavy atom. The van der Waals surface area contributed by atoms with Crippen molar-refractivity contribution in [3.8, 4) is 0 Å². The van der Waals surface area contributed by atoms with E-state index in [0.717, 1.165) is 36.4 Å². The van der Waals surface area contributed by atoms with Gasteiger partial charge in [-0.25, -0.2) is 9.50 Å². The molecule has 3 aromatic rings. The molecule has 0 bridgehead atoms. The average Bonchev–Trinajstić information content (AvgIpc) is 3.54. The Balaban J connectivity index is 1.26. The number of fused-ring (bicyclic) bond motifs is 1. The number of aryl methyl sites for hydroxylation is 2. The Morgan fingerprint density at radius 2 is 1.89 bits per heavy atom. The van der Waals surface area contributed by atoms with Crippen LogP contribution in [-0.4, -0.2) is 80.6 Å². The largest absolute Gasteiger partial charge is 0.353 e. The first-order valence-corrected chi connectivity index (χ1v) is 13.7. The van der Waals surface area contributed by atoms with Gasteiger partial charge in [0.1, 0.15) is 5.69 Å². The lowest BCUT2D eigenvalue weighted by molar-refractivity contribution is -0.139. The van der Waals surface area contributed by atoms with Crippen LogP contribution in [0.4, 0.5) is 0 Å². The van der Waals surface area contributed by atoms with E-state index in [-0.39, 0.29) is 24.0 Å². The predicted molar refractivity (Wildman–Crippen MR) is 139 cm³/mol. The second kappa shape index (κ2) is 12.5. The first-order valence-electron chi connectivity index (χ1n) is 12.9. The molecule has 0 radical (unpaired) electrons. The van der Waals surface area contributed by atoms with E-state index < -0.39 is 0 Å². The van der Waals surface area contributed by atoms with E-state index in [0.29, 0.717) is 55.6 Å². The molecule has 1 saturated heterocycles. The van der Waals surface area contributed by atoms with Crippen LogP contribution in [0.1, 0.15) is 82.8 Å². The quantitative estimate of drug-likeness (QED) is 0.297. The third kappa shape index (κ3) is 6.49. The van der Waals surface area contributed by atoms with Crippen LogP contribution in [0.2, 0.25) is 0 Å². The van der Waals surface area contributed by atoms with E-state index >= 15 is 0 Å². The summed E-state index contributed by atoms with van der Waals surface area (Å²) in [6, 6.07) is 1.84. The number of nitrogens with zero attached hydrogens (tertiary/aromatic N) is 6. The van der Waals surface area contributed by atoms with Crippen LogP contribution in [-0.2, 0) is 9.47 Å². The Morgan fingerprint density at radius 3 is 2.59 bits per heavy atom. The topological polar surface area (TPSA) is 124 Å². The standard InChI is InChI=1S/C25H35N7O4S/c1-5-35-21(36-6-2)8-7-11-26-23(33)19-15-37-24(27-19)18-9-12-31(13-10-18)25(34)22-17(4)32-20(28-29-22)14-16(3)30-32/h14-15,18,21H,5-13H2,1-4H3,(H,26,33). The number of ether oxygens (including phenoxy) is 2. The van der Waals surface area contributed by atoms with Crippen molar-refractivity contribution in [3.05, 3.63) is 39.2 Å². The van der Waals surface area contributed by atoms with E-state index in [4.69, 9.17) is 9.47 Å². The summed E-state index contributed by atoms with van der Waals surface area (Å²) in [6.45, 7) is 10.5. The SMILES string of the molecule is CCOC(CCCNC(=O)c1csc(C2CCN(C(=O)c3nnc4cc(C)nn4c3C)CC2)n1)OCC. The zero-order valence-electron chi connectivity index (χ0n) is 21.9. The van der Waals surface area contributed by atoms with Crippen molar-refractivity contribution in [3.63, 3.8) is 0 Å². The molecule has 0 aromatic carbocycles. The maximum atomic E-state index is 13.1. The molecular weight excluding hydrogens is 494 g/mol. The molecule has 0 unspecified atom stereocenters. The van der Waals surface area contributed by atoms with Crippen LogP contribution in [0.5, 0.6) is 0 Å². The molecule has 0 aliphatic carbocycles. The molecule has 1 aliphatic heterocycles. The maximum Gasteiger partial charge on any atom is 0.276 e. The average molecular weight is 530 g/mol. The number of piperidine rings is 1. The Bertz CT molecular complexity index is 1210.